The van der Waals surface area contributed by atoms with Crippen molar-refractivity contribution >= 4 is 29.9 Å². The summed E-state index contributed by atoms with van der Waals surface area (Å²) in [5.74, 6) is 1.83. The number of aryl methyl sites for hydroxylation is 1. The number of hydrogen-bond donors (Lipinski definition) is 2. The van der Waals surface area contributed by atoms with E-state index in [9.17, 15) is 0 Å². The lowest BCUT2D eigenvalue weighted by atomic mass is 9.67. The number of methoxy groups -OCH3 is 2. The monoisotopic (exact) mass is 475 g/mol. The molecule has 0 radical (unpaired) electrons. The smallest absolute Gasteiger partial charge is 0.191 e. The van der Waals surface area contributed by atoms with E-state index < -0.39 is 0 Å². The van der Waals surface area contributed by atoms with Crippen LogP contribution in [0.15, 0.2) is 23.2 Å². The molecule has 1 aliphatic rings. The quantitative estimate of drug-likeness (QED) is 0.326. The Morgan fingerprint density at radius 1 is 1.23 bits per heavy atom. The summed E-state index contributed by atoms with van der Waals surface area (Å²) in [6, 6.07) is 6.38. The van der Waals surface area contributed by atoms with Gasteiger partial charge in [0, 0.05) is 33.9 Å². The summed E-state index contributed by atoms with van der Waals surface area (Å²) < 4.78 is 10.7. The van der Waals surface area contributed by atoms with Crippen LogP contribution in [0.4, 0.5) is 0 Å². The minimum atomic E-state index is 0. The Labute approximate surface area is 175 Å². The van der Waals surface area contributed by atoms with E-state index in [4.69, 9.17) is 9.47 Å². The molecule has 0 aromatic heterocycles. The lowest BCUT2D eigenvalue weighted by molar-refractivity contribution is 0.0732. The Morgan fingerprint density at radius 3 is 2.58 bits per heavy atom. The van der Waals surface area contributed by atoms with E-state index in [1.165, 1.54) is 30.4 Å². The number of nitrogens with zero attached hydrogens (tertiary/aromatic N) is 1. The van der Waals surface area contributed by atoms with Crippen molar-refractivity contribution in [3.63, 3.8) is 0 Å². The van der Waals surface area contributed by atoms with Crippen LogP contribution in [-0.2, 0) is 11.2 Å². The van der Waals surface area contributed by atoms with Gasteiger partial charge < -0.3 is 20.1 Å². The zero-order valence-electron chi connectivity index (χ0n) is 16.6. The van der Waals surface area contributed by atoms with Gasteiger partial charge in [0.25, 0.3) is 0 Å². The molecule has 148 valence electrons. The minimum Gasteiger partial charge on any atom is -0.496 e. The summed E-state index contributed by atoms with van der Waals surface area (Å²) in [4.78, 5) is 4.35. The molecule has 0 saturated heterocycles. The summed E-state index contributed by atoms with van der Waals surface area (Å²) in [6.45, 7) is 4.71. The second kappa shape index (κ2) is 11.6. The third-order valence-corrected chi connectivity index (χ3v) is 5.28. The van der Waals surface area contributed by atoms with Crippen LogP contribution in [-0.4, -0.2) is 46.9 Å². The first-order chi connectivity index (χ1) is 12.1. The number of guanidine groups is 1. The standard InChI is InChI=1S/C20H33N3O2.HI/c1-16-6-7-17(14-18(16)25-4)8-12-22-19(21-2)23-15-20(9-5-10-20)11-13-24-3;/h6-7,14H,5,8-13,15H2,1-4H3,(H2,21,22,23);1H. The van der Waals surface area contributed by atoms with Crippen LogP contribution in [0.1, 0.15) is 36.8 Å². The minimum absolute atomic E-state index is 0. The predicted octanol–water partition coefficient (Wildman–Crippen LogP) is 3.54. The van der Waals surface area contributed by atoms with Gasteiger partial charge in [0.05, 0.1) is 7.11 Å². The van der Waals surface area contributed by atoms with Gasteiger partial charge in [0.2, 0.25) is 0 Å². The van der Waals surface area contributed by atoms with Gasteiger partial charge in [-0.1, -0.05) is 18.6 Å². The van der Waals surface area contributed by atoms with Gasteiger partial charge in [0.1, 0.15) is 5.75 Å². The molecule has 0 aliphatic heterocycles. The molecule has 6 heteroatoms. The van der Waals surface area contributed by atoms with Crippen molar-refractivity contribution in [2.45, 2.75) is 39.0 Å². The van der Waals surface area contributed by atoms with Gasteiger partial charge in [-0.3, -0.25) is 4.99 Å². The summed E-state index contributed by atoms with van der Waals surface area (Å²) >= 11 is 0. The molecule has 1 aromatic rings. The number of ether oxygens (including phenoxy) is 2. The Morgan fingerprint density at radius 2 is 2.00 bits per heavy atom. The third-order valence-electron chi connectivity index (χ3n) is 5.28. The first-order valence-corrected chi connectivity index (χ1v) is 9.19. The summed E-state index contributed by atoms with van der Waals surface area (Å²) in [6.07, 6.45) is 5.95. The highest BCUT2D eigenvalue weighted by Gasteiger charge is 2.36. The lowest BCUT2D eigenvalue weighted by Gasteiger charge is -2.42. The molecule has 5 nitrogen and oxygen atoms in total. The van der Waals surface area contributed by atoms with Crippen molar-refractivity contribution in [3.8, 4) is 5.75 Å². The number of benzene rings is 1. The van der Waals surface area contributed by atoms with Gasteiger partial charge in [0.15, 0.2) is 5.96 Å². The molecule has 2 N–H and O–H groups in total. The van der Waals surface area contributed by atoms with Crippen molar-refractivity contribution in [1.29, 1.82) is 0 Å². The maximum absolute atomic E-state index is 5.39. The normalized spacial score (nSPS) is 15.6. The van der Waals surface area contributed by atoms with Gasteiger partial charge in [-0.25, -0.2) is 0 Å². The van der Waals surface area contributed by atoms with E-state index in [1.54, 1.807) is 14.2 Å². The number of rotatable bonds is 9. The maximum atomic E-state index is 5.39. The van der Waals surface area contributed by atoms with Crippen LogP contribution in [0.2, 0.25) is 0 Å². The van der Waals surface area contributed by atoms with Crippen LogP contribution in [0.3, 0.4) is 0 Å². The van der Waals surface area contributed by atoms with Crippen molar-refractivity contribution in [2.24, 2.45) is 10.4 Å². The van der Waals surface area contributed by atoms with Crippen LogP contribution in [0.5, 0.6) is 5.75 Å². The second-order valence-corrected chi connectivity index (χ2v) is 7.00. The van der Waals surface area contributed by atoms with E-state index in [0.717, 1.165) is 44.2 Å². The van der Waals surface area contributed by atoms with Crippen molar-refractivity contribution in [2.75, 3.05) is 41.0 Å². The first kappa shape index (κ1) is 23.0. The molecule has 0 bridgehead atoms. The Balaban J connectivity index is 0.00000338. The number of aliphatic imine (C=N–C) groups is 1. The molecule has 0 heterocycles. The van der Waals surface area contributed by atoms with Crippen molar-refractivity contribution in [3.05, 3.63) is 29.3 Å². The average molecular weight is 475 g/mol. The van der Waals surface area contributed by atoms with E-state index >= 15 is 0 Å². The number of halogens is 1. The average Bonchev–Trinajstić information content (AvgIpc) is 2.60. The van der Waals surface area contributed by atoms with E-state index in [1.807, 2.05) is 7.05 Å². The molecule has 1 aromatic carbocycles. The number of nitrogens with one attached hydrogen (secondary N) is 2. The first-order valence-electron chi connectivity index (χ1n) is 9.19. The molecule has 1 aliphatic carbocycles. The lowest BCUT2D eigenvalue weighted by Crippen LogP contribution is -2.47. The Hall–Kier alpha value is -1.02. The van der Waals surface area contributed by atoms with Gasteiger partial charge in [-0.15, -0.1) is 24.0 Å². The molecule has 0 unspecified atom stereocenters. The highest BCUT2D eigenvalue weighted by molar-refractivity contribution is 14.0. The molecule has 2 rings (SSSR count). The summed E-state index contributed by atoms with van der Waals surface area (Å²) in [7, 11) is 5.32. The largest absolute Gasteiger partial charge is 0.496 e. The zero-order valence-corrected chi connectivity index (χ0v) is 18.9. The maximum Gasteiger partial charge on any atom is 0.191 e. The fourth-order valence-electron chi connectivity index (χ4n) is 3.35. The SMILES string of the molecule is CN=C(NCCc1ccc(C)c(OC)c1)NCC1(CCOC)CCC1.I. The molecule has 26 heavy (non-hydrogen) atoms. The topological polar surface area (TPSA) is 54.9 Å². The Bertz CT molecular complexity index is 574. The molecule has 0 atom stereocenters. The molecule has 0 spiro atoms. The molecule has 1 fully saturated rings. The van der Waals surface area contributed by atoms with Crippen LogP contribution in [0, 0.1) is 12.3 Å². The van der Waals surface area contributed by atoms with E-state index in [-0.39, 0.29) is 24.0 Å². The van der Waals surface area contributed by atoms with E-state index in [0.29, 0.717) is 5.41 Å². The Kier molecular flexibility index (Phi) is 10.3. The predicted molar refractivity (Wildman–Crippen MR) is 119 cm³/mol. The van der Waals surface area contributed by atoms with E-state index in [2.05, 4.69) is 40.7 Å². The van der Waals surface area contributed by atoms with Crippen LogP contribution < -0.4 is 15.4 Å². The van der Waals surface area contributed by atoms with Gasteiger partial charge in [-0.05, 0) is 55.2 Å². The van der Waals surface area contributed by atoms with Crippen molar-refractivity contribution in [1.82, 2.24) is 10.6 Å². The van der Waals surface area contributed by atoms with Crippen LogP contribution in [0.25, 0.3) is 0 Å². The van der Waals surface area contributed by atoms with Crippen molar-refractivity contribution < 1.29 is 9.47 Å². The zero-order chi connectivity index (χ0) is 18.1. The molecule has 1 saturated carbocycles. The molecule has 0 amide bonds. The summed E-state index contributed by atoms with van der Waals surface area (Å²) in [5, 5.41) is 6.91. The van der Waals surface area contributed by atoms with Gasteiger partial charge >= 0.3 is 0 Å². The second-order valence-electron chi connectivity index (χ2n) is 7.00. The highest BCUT2D eigenvalue weighted by Crippen LogP contribution is 2.43. The summed E-state index contributed by atoms with van der Waals surface area (Å²) in [5.41, 5.74) is 2.82. The third kappa shape index (κ3) is 6.61. The van der Waals surface area contributed by atoms with Gasteiger partial charge in [-0.2, -0.15) is 0 Å². The fraction of sp³-hybridized carbons (Fsp3) is 0.650. The fourth-order valence-corrected chi connectivity index (χ4v) is 3.35. The van der Waals surface area contributed by atoms with Crippen LogP contribution >= 0.6 is 24.0 Å². The molecular weight excluding hydrogens is 441 g/mol. The number of hydrogen-bond acceptors (Lipinski definition) is 3. The highest BCUT2D eigenvalue weighted by atomic mass is 127. The molecular formula is C20H34IN3O2.